The molecule has 0 spiro atoms. The number of carbonyl (C=O) groups is 2. The Morgan fingerprint density at radius 3 is 2.26 bits per heavy atom. The first-order chi connectivity index (χ1) is 11.1. The van der Waals surface area contributed by atoms with Gasteiger partial charge in [-0.05, 0) is 35.4 Å². The van der Waals surface area contributed by atoms with E-state index in [-0.39, 0.29) is 5.78 Å². The van der Waals surface area contributed by atoms with Crippen LogP contribution < -0.4 is 0 Å². The van der Waals surface area contributed by atoms with Crippen LogP contribution >= 0.6 is 0 Å². The topological polar surface area (TPSA) is 54.4 Å². The monoisotopic (exact) mass is 304 g/mol. The maximum Gasteiger partial charge on any atom is 0.310 e. The Kier molecular flexibility index (Phi) is 3.94. The van der Waals surface area contributed by atoms with Gasteiger partial charge in [0.25, 0.3) is 0 Å². The maximum atomic E-state index is 12.7. The molecule has 114 valence electrons. The van der Waals surface area contributed by atoms with Gasteiger partial charge in [-0.2, -0.15) is 0 Å². The molecule has 0 bridgehead atoms. The van der Waals surface area contributed by atoms with E-state index in [1.807, 2.05) is 36.4 Å². The number of aliphatic carboxylic acids is 1. The molecule has 0 saturated heterocycles. The first-order valence-corrected chi connectivity index (χ1v) is 7.42. The molecular weight excluding hydrogens is 288 g/mol. The van der Waals surface area contributed by atoms with Crippen molar-refractivity contribution in [2.24, 2.45) is 0 Å². The van der Waals surface area contributed by atoms with Gasteiger partial charge in [0.05, 0.1) is 5.92 Å². The Morgan fingerprint density at radius 2 is 1.52 bits per heavy atom. The highest BCUT2D eigenvalue weighted by Gasteiger charge is 2.16. The Hall–Kier alpha value is -2.94. The Labute approximate surface area is 134 Å². The Balaban J connectivity index is 1.98. The van der Waals surface area contributed by atoms with Gasteiger partial charge in [0.1, 0.15) is 0 Å². The number of benzene rings is 3. The van der Waals surface area contributed by atoms with E-state index in [9.17, 15) is 9.59 Å². The van der Waals surface area contributed by atoms with Crippen molar-refractivity contribution in [3.05, 3.63) is 83.4 Å². The molecule has 3 aromatic carbocycles. The van der Waals surface area contributed by atoms with Crippen LogP contribution in [0.3, 0.4) is 0 Å². The van der Waals surface area contributed by atoms with Crippen molar-refractivity contribution < 1.29 is 14.7 Å². The zero-order valence-electron chi connectivity index (χ0n) is 12.7. The van der Waals surface area contributed by atoms with E-state index in [1.165, 1.54) is 0 Å². The summed E-state index contributed by atoms with van der Waals surface area (Å²) in [6.07, 6.45) is 0. The summed E-state index contributed by atoms with van der Waals surface area (Å²) in [5, 5.41) is 11.2. The molecule has 0 radical (unpaired) electrons. The first kappa shape index (κ1) is 15.0. The molecule has 0 amide bonds. The molecule has 3 heteroatoms. The smallest absolute Gasteiger partial charge is 0.310 e. The highest BCUT2D eigenvalue weighted by atomic mass is 16.4. The second-order valence-electron chi connectivity index (χ2n) is 5.58. The molecule has 1 atom stereocenters. The van der Waals surface area contributed by atoms with Gasteiger partial charge >= 0.3 is 5.97 Å². The van der Waals surface area contributed by atoms with Crippen LogP contribution in [0.1, 0.15) is 34.3 Å². The molecule has 0 saturated carbocycles. The lowest BCUT2D eigenvalue weighted by Gasteiger charge is -2.09. The van der Waals surface area contributed by atoms with Crippen LogP contribution in [0, 0.1) is 0 Å². The molecule has 0 fully saturated rings. The number of ketones is 1. The summed E-state index contributed by atoms with van der Waals surface area (Å²) in [6.45, 7) is 1.61. The zero-order chi connectivity index (χ0) is 16.4. The lowest BCUT2D eigenvalue weighted by Crippen LogP contribution is -2.09. The van der Waals surface area contributed by atoms with E-state index in [0.29, 0.717) is 16.7 Å². The van der Waals surface area contributed by atoms with Crippen LogP contribution in [-0.4, -0.2) is 16.9 Å². The molecule has 3 rings (SSSR count). The van der Waals surface area contributed by atoms with Crippen LogP contribution in [0.15, 0.2) is 66.7 Å². The van der Waals surface area contributed by atoms with Crippen molar-refractivity contribution in [2.75, 3.05) is 0 Å². The molecule has 0 heterocycles. The van der Waals surface area contributed by atoms with Crippen LogP contribution in [0.25, 0.3) is 10.8 Å². The van der Waals surface area contributed by atoms with E-state index in [0.717, 1.165) is 10.8 Å². The number of carboxylic acid groups (broad SMARTS) is 1. The van der Waals surface area contributed by atoms with Crippen LogP contribution in [-0.2, 0) is 4.79 Å². The SMILES string of the molecule is C[C@H](C(=O)O)c1cccc(C(=O)c2ccc3ccccc3c2)c1. The van der Waals surface area contributed by atoms with Crippen LogP contribution in [0.5, 0.6) is 0 Å². The van der Waals surface area contributed by atoms with Crippen molar-refractivity contribution in [3.8, 4) is 0 Å². The highest BCUT2D eigenvalue weighted by Crippen LogP contribution is 2.21. The van der Waals surface area contributed by atoms with E-state index in [2.05, 4.69) is 0 Å². The van der Waals surface area contributed by atoms with Gasteiger partial charge in [-0.3, -0.25) is 9.59 Å². The van der Waals surface area contributed by atoms with Gasteiger partial charge in [-0.15, -0.1) is 0 Å². The third-order valence-corrected chi connectivity index (χ3v) is 4.03. The maximum absolute atomic E-state index is 12.7. The number of rotatable bonds is 4. The molecule has 0 aliphatic rings. The fraction of sp³-hybridized carbons (Fsp3) is 0.100. The zero-order valence-corrected chi connectivity index (χ0v) is 12.7. The standard InChI is InChI=1S/C20H16O3/c1-13(20(22)23)15-7-4-8-17(11-15)19(21)18-10-9-14-5-2-3-6-16(14)12-18/h2-13H,1H3,(H,22,23)/t13-/m0/s1. The molecule has 0 unspecified atom stereocenters. The summed E-state index contributed by atoms with van der Waals surface area (Å²) in [7, 11) is 0. The Morgan fingerprint density at radius 1 is 0.826 bits per heavy atom. The first-order valence-electron chi connectivity index (χ1n) is 7.42. The summed E-state index contributed by atoms with van der Waals surface area (Å²) in [5.74, 6) is -1.64. The molecule has 0 aliphatic carbocycles. The average Bonchev–Trinajstić information content (AvgIpc) is 2.60. The van der Waals surface area contributed by atoms with E-state index < -0.39 is 11.9 Å². The summed E-state index contributed by atoms with van der Waals surface area (Å²) in [4.78, 5) is 23.8. The minimum atomic E-state index is -0.902. The predicted octanol–water partition coefficient (Wildman–Crippen LogP) is 4.26. The van der Waals surface area contributed by atoms with Crippen molar-refractivity contribution in [2.45, 2.75) is 12.8 Å². The number of fused-ring (bicyclic) bond motifs is 1. The lowest BCUT2D eigenvalue weighted by molar-refractivity contribution is -0.138. The number of hydrogen-bond acceptors (Lipinski definition) is 2. The largest absolute Gasteiger partial charge is 0.481 e. The lowest BCUT2D eigenvalue weighted by atomic mass is 9.95. The highest BCUT2D eigenvalue weighted by molar-refractivity contribution is 6.10. The third-order valence-electron chi connectivity index (χ3n) is 4.03. The van der Waals surface area contributed by atoms with Crippen molar-refractivity contribution in [1.82, 2.24) is 0 Å². The number of carboxylic acids is 1. The van der Waals surface area contributed by atoms with Gasteiger partial charge in [0.2, 0.25) is 0 Å². The van der Waals surface area contributed by atoms with Gasteiger partial charge in [-0.25, -0.2) is 0 Å². The third kappa shape index (κ3) is 2.99. The van der Waals surface area contributed by atoms with Crippen molar-refractivity contribution in [3.63, 3.8) is 0 Å². The second-order valence-corrected chi connectivity index (χ2v) is 5.58. The molecule has 0 aliphatic heterocycles. The summed E-state index contributed by atoms with van der Waals surface area (Å²) in [6, 6.07) is 20.3. The van der Waals surface area contributed by atoms with Crippen molar-refractivity contribution in [1.29, 1.82) is 0 Å². The van der Waals surface area contributed by atoms with Gasteiger partial charge in [-0.1, -0.05) is 54.6 Å². The van der Waals surface area contributed by atoms with Gasteiger partial charge in [0, 0.05) is 11.1 Å². The molecular formula is C20H16O3. The van der Waals surface area contributed by atoms with E-state index in [4.69, 9.17) is 5.11 Å². The minimum absolute atomic E-state index is 0.102. The normalized spacial score (nSPS) is 12.0. The van der Waals surface area contributed by atoms with Crippen molar-refractivity contribution >= 4 is 22.5 Å². The summed E-state index contributed by atoms with van der Waals surface area (Å²) >= 11 is 0. The molecule has 23 heavy (non-hydrogen) atoms. The molecule has 1 N–H and O–H groups in total. The Bertz CT molecular complexity index is 896. The summed E-state index contributed by atoms with van der Waals surface area (Å²) in [5.41, 5.74) is 1.74. The van der Waals surface area contributed by atoms with Crippen LogP contribution in [0.4, 0.5) is 0 Å². The van der Waals surface area contributed by atoms with Gasteiger partial charge in [0.15, 0.2) is 5.78 Å². The van der Waals surface area contributed by atoms with E-state index in [1.54, 1.807) is 37.3 Å². The summed E-state index contributed by atoms with van der Waals surface area (Å²) < 4.78 is 0. The molecule has 0 aromatic heterocycles. The minimum Gasteiger partial charge on any atom is -0.481 e. The van der Waals surface area contributed by atoms with Gasteiger partial charge < -0.3 is 5.11 Å². The number of hydrogen-bond donors (Lipinski definition) is 1. The second kappa shape index (κ2) is 6.05. The molecule has 3 aromatic rings. The molecule has 3 nitrogen and oxygen atoms in total. The predicted molar refractivity (Wildman–Crippen MR) is 89.9 cm³/mol. The quantitative estimate of drug-likeness (QED) is 0.733. The average molecular weight is 304 g/mol. The van der Waals surface area contributed by atoms with E-state index >= 15 is 0 Å². The fourth-order valence-corrected chi connectivity index (χ4v) is 2.59. The van der Waals surface area contributed by atoms with Crippen LogP contribution in [0.2, 0.25) is 0 Å². The fourth-order valence-electron chi connectivity index (χ4n) is 2.59. The number of carbonyl (C=O) groups excluding carboxylic acids is 1.